The second-order valence-electron chi connectivity index (χ2n) is 7.96. The lowest BCUT2D eigenvalue weighted by Gasteiger charge is -2.27. The highest BCUT2D eigenvalue weighted by atomic mass is 32.1. The highest BCUT2D eigenvalue weighted by molar-refractivity contribution is 7.13. The lowest BCUT2D eigenvalue weighted by molar-refractivity contribution is -0.120. The molecular formula is C26H18FN5O3S. The van der Waals surface area contributed by atoms with E-state index in [1.807, 2.05) is 0 Å². The third-order valence-electron chi connectivity index (χ3n) is 5.59. The summed E-state index contributed by atoms with van der Waals surface area (Å²) < 4.78 is 14.1. The van der Waals surface area contributed by atoms with Crippen LogP contribution in [0.1, 0.15) is 38.7 Å². The van der Waals surface area contributed by atoms with Gasteiger partial charge < -0.3 is 15.7 Å². The van der Waals surface area contributed by atoms with Crippen molar-refractivity contribution >= 4 is 34.1 Å². The van der Waals surface area contributed by atoms with Gasteiger partial charge in [0.1, 0.15) is 23.4 Å². The zero-order valence-corrected chi connectivity index (χ0v) is 19.4. The van der Waals surface area contributed by atoms with Crippen molar-refractivity contribution in [2.75, 3.05) is 11.1 Å². The van der Waals surface area contributed by atoms with Gasteiger partial charge in [-0.15, -0.1) is 11.3 Å². The van der Waals surface area contributed by atoms with E-state index < -0.39 is 23.7 Å². The minimum Gasteiger partial charge on any atom is -0.508 e. The molecule has 0 unspecified atom stereocenters. The van der Waals surface area contributed by atoms with Gasteiger partial charge in [0.05, 0.1) is 0 Å². The Labute approximate surface area is 209 Å². The second kappa shape index (κ2) is 9.48. The van der Waals surface area contributed by atoms with Crippen molar-refractivity contribution in [3.8, 4) is 17.6 Å². The first kappa shape index (κ1) is 23.0. The Hall–Kier alpha value is -4.75. The van der Waals surface area contributed by atoms with E-state index in [1.165, 1.54) is 22.4 Å². The van der Waals surface area contributed by atoms with Crippen molar-refractivity contribution in [2.45, 2.75) is 12.6 Å². The molecule has 0 saturated heterocycles. The molecule has 1 aliphatic heterocycles. The average molecular weight is 500 g/mol. The van der Waals surface area contributed by atoms with Crippen LogP contribution in [-0.4, -0.2) is 31.8 Å². The van der Waals surface area contributed by atoms with Gasteiger partial charge in [0, 0.05) is 46.6 Å². The molecule has 5 rings (SSSR count). The summed E-state index contributed by atoms with van der Waals surface area (Å²) in [6.45, 7) is 0.0929. The number of nitrogens with zero attached hydrogens (tertiary/aromatic N) is 3. The molecular weight excluding hydrogens is 481 g/mol. The van der Waals surface area contributed by atoms with Gasteiger partial charge in [0.2, 0.25) is 0 Å². The van der Waals surface area contributed by atoms with Crippen LogP contribution in [0.15, 0.2) is 66.3 Å². The zero-order chi connectivity index (χ0) is 25.2. The van der Waals surface area contributed by atoms with Gasteiger partial charge in [-0.1, -0.05) is 17.9 Å². The number of phenolic OH excluding ortho intramolecular Hbond substituents is 1. The Bertz CT molecular complexity index is 1530. The maximum atomic E-state index is 14.1. The third kappa shape index (κ3) is 4.60. The zero-order valence-electron chi connectivity index (χ0n) is 18.6. The molecule has 0 aliphatic carbocycles. The van der Waals surface area contributed by atoms with Gasteiger partial charge in [-0.3, -0.25) is 14.9 Å². The molecule has 10 heteroatoms. The summed E-state index contributed by atoms with van der Waals surface area (Å²) in [5.41, 5.74) is 7.89. The fourth-order valence-corrected chi connectivity index (χ4v) is 4.42. The van der Waals surface area contributed by atoms with E-state index in [-0.39, 0.29) is 17.9 Å². The minimum atomic E-state index is -1.29. The van der Waals surface area contributed by atoms with Gasteiger partial charge in [0.25, 0.3) is 11.8 Å². The highest BCUT2D eigenvalue weighted by Crippen LogP contribution is 2.36. The summed E-state index contributed by atoms with van der Waals surface area (Å²) in [7, 11) is 0. The number of rotatable bonds is 4. The normalized spacial score (nSPS) is 13.0. The number of carbonyl (C=O) groups excluding carboxylic acids is 2. The number of nitrogen functional groups attached to an aromatic ring is 1. The van der Waals surface area contributed by atoms with Crippen LogP contribution in [0.2, 0.25) is 0 Å². The molecule has 1 aliphatic rings. The smallest absolute Gasteiger partial charge is 0.255 e. The number of fused-ring (bicyclic) bond motifs is 1. The molecule has 2 aromatic carbocycles. The number of nitrogens with one attached hydrogen (secondary N) is 1. The van der Waals surface area contributed by atoms with E-state index in [2.05, 4.69) is 27.1 Å². The Balaban J connectivity index is 1.48. The average Bonchev–Trinajstić information content (AvgIpc) is 3.49. The van der Waals surface area contributed by atoms with Crippen LogP contribution in [0.3, 0.4) is 0 Å². The van der Waals surface area contributed by atoms with Crippen LogP contribution in [0, 0.1) is 17.7 Å². The summed E-state index contributed by atoms with van der Waals surface area (Å²) in [5.74, 6) is 4.35. The Morgan fingerprint density at radius 3 is 2.69 bits per heavy atom. The van der Waals surface area contributed by atoms with Gasteiger partial charge >= 0.3 is 0 Å². The van der Waals surface area contributed by atoms with E-state index in [4.69, 9.17) is 5.73 Å². The van der Waals surface area contributed by atoms with Crippen molar-refractivity contribution in [3.63, 3.8) is 0 Å². The molecule has 4 aromatic rings. The molecule has 4 N–H and O–H groups in total. The number of thiazole rings is 1. The third-order valence-corrected chi connectivity index (χ3v) is 6.27. The SMILES string of the molecule is Nc1ccc(C#Cc2ccc3c(c2)C(=O)N([C@@H](C(=O)Nc2nccs2)c2cc(F)ccc2O)C3)cn1. The number of nitrogens with two attached hydrogens (primary N) is 1. The predicted molar refractivity (Wildman–Crippen MR) is 132 cm³/mol. The number of aromatic hydroxyl groups is 1. The molecule has 0 spiro atoms. The van der Waals surface area contributed by atoms with Crippen LogP contribution in [0.5, 0.6) is 5.75 Å². The Morgan fingerprint density at radius 1 is 1.14 bits per heavy atom. The standard InChI is InChI=1S/C26H18FN5O3S/c27-18-6-7-21(33)20(12-18)23(24(34)31-26-29-9-10-36-26)32-14-17-5-3-15(11-19(17)25(32)35)1-2-16-4-8-22(28)30-13-16/h3-13,23,33H,14H2,(H2,28,30)(H,29,31,34)/t23-/m1/s1. The molecule has 3 heterocycles. The maximum Gasteiger partial charge on any atom is 0.255 e. The van der Waals surface area contributed by atoms with E-state index in [0.29, 0.717) is 33.2 Å². The van der Waals surface area contributed by atoms with E-state index in [1.54, 1.807) is 41.9 Å². The van der Waals surface area contributed by atoms with Crippen molar-refractivity contribution in [1.29, 1.82) is 0 Å². The molecule has 8 nitrogen and oxygen atoms in total. The summed E-state index contributed by atoms with van der Waals surface area (Å²) in [6, 6.07) is 10.6. The first-order valence-electron chi connectivity index (χ1n) is 10.8. The number of amides is 2. The molecule has 0 bridgehead atoms. The molecule has 2 aromatic heterocycles. The summed E-state index contributed by atoms with van der Waals surface area (Å²) in [6.07, 6.45) is 3.08. The first-order chi connectivity index (χ1) is 17.4. The number of hydrogen-bond donors (Lipinski definition) is 3. The van der Waals surface area contributed by atoms with Gasteiger partial charge in [-0.2, -0.15) is 0 Å². The van der Waals surface area contributed by atoms with E-state index in [9.17, 15) is 19.1 Å². The van der Waals surface area contributed by atoms with E-state index >= 15 is 0 Å². The maximum absolute atomic E-state index is 14.1. The fraction of sp³-hybridized carbons (Fsp3) is 0.0769. The molecule has 2 amide bonds. The fourth-order valence-electron chi connectivity index (χ4n) is 3.89. The number of halogens is 1. The van der Waals surface area contributed by atoms with Crippen LogP contribution in [-0.2, 0) is 11.3 Å². The van der Waals surface area contributed by atoms with Crippen LogP contribution in [0.25, 0.3) is 0 Å². The number of hydrogen-bond acceptors (Lipinski definition) is 7. The largest absolute Gasteiger partial charge is 0.508 e. The highest BCUT2D eigenvalue weighted by Gasteiger charge is 2.39. The van der Waals surface area contributed by atoms with Gasteiger partial charge in [0.15, 0.2) is 5.13 Å². The van der Waals surface area contributed by atoms with Crippen molar-refractivity contribution in [2.24, 2.45) is 0 Å². The monoisotopic (exact) mass is 499 g/mol. The van der Waals surface area contributed by atoms with E-state index in [0.717, 1.165) is 18.2 Å². The summed E-state index contributed by atoms with van der Waals surface area (Å²) >= 11 is 1.20. The summed E-state index contributed by atoms with van der Waals surface area (Å²) in [4.78, 5) is 36.1. The predicted octanol–water partition coefficient (Wildman–Crippen LogP) is 3.70. The quantitative estimate of drug-likeness (QED) is 0.368. The first-order valence-corrected chi connectivity index (χ1v) is 11.6. The van der Waals surface area contributed by atoms with Gasteiger partial charge in [-0.25, -0.2) is 14.4 Å². The van der Waals surface area contributed by atoms with Crippen molar-refractivity contribution in [3.05, 3.63) is 99.9 Å². The summed E-state index contributed by atoms with van der Waals surface area (Å²) in [5, 5.41) is 15.1. The minimum absolute atomic E-state index is 0.0268. The molecule has 0 fully saturated rings. The number of pyridine rings is 1. The lowest BCUT2D eigenvalue weighted by atomic mass is 10.0. The number of benzene rings is 2. The number of aromatic nitrogens is 2. The molecule has 0 saturated carbocycles. The van der Waals surface area contributed by atoms with Gasteiger partial charge in [-0.05, 0) is 48.0 Å². The number of carbonyl (C=O) groups is 2. The topological polar surface area (TPSA) is 121 Å². The van der Waals surface area contributed by atoms with Crippen LogP contribution < -0.4 is 11.1 Å². The molecule has 36 heavy (non-hydrogen) atoms. The molecule has 1 atom stereocenters. The Kier molecular flexibility index (Phi) is 6.06. The van der Waals surface area contributed by atoms with Crippen LogP contribution >= 0.6 is 11.3 Å². The van der Waals surface area contributed by atoms with Crippen molar-refractivity contribution < 1.29 is 19.1 Å². The molecule has 0 radical (unpaired) electrons. The lowest BCUT2D eigenvalue weighted by Crippen LogP contribution is -2.37. The van der Waals surface area contributed by atoms with Crippen LogP contribution in [0.4, 0.5) is 15.3 Å². The number of phenols is 1. The Morgan fingerprint density at radius 2 is 1.94 bits per heavy atom. The molecule has 178 valence electrons. The number of anilines is 2. The van der Waals surface area contributed by atoms with Crippen molar-refractivity contribution in [1.82, 2.24) is 14.9 Å². The second-order valence-corrected chi connectivity index (χ2v) is 8.85.